The number of aliphatic hydroxyl groups is 1. The van der Waals surface area contributed by atoms with Gasteiger partial charge in [-0.2, -0.15) is 5.10 Å². The number of nitrogens with one attached hydrogen (secondary N) is 1. The summed E-state index contributed by atoms with van der Waals surface area (Å²) in [5, 5.41) is 16.3. The van der Waals surface area contributed by atoms with E-state index in [1.54, 1.807) is 4.68 Å². The fraction of sp³-hybridized carbons (Fsp3) is 0.700. The Hall–Kier alpha value is -0.910. The van der Waals surface area contributed by atoms with Crippen LogP contribution in [0.3, 0.4) is 0 Å². The number of hydrogen-bond acceptors (Lipinski definition) is 4. The largest absolute Gasteiger partial charge is 0.396 e. The molecule has 0 aliphatic rings. The van der Waals surface area contributed by atoms with Crippen molar-refractivity contribution in [1.82, 2.24) is 15.1 Å². The number of aliphatic hydroxyl groups excluding tert-OH is 1. The number of rotatable bonds is 6. The molecule has 0 spiro atoms. The smallest absolute Gasteiger partial charge is 0.0538 e. The van der Waals surface area contributed by atoms with Gasteiger partial charge in [-0.3, -0.25) is 4.68 Å². The lowest BCUT2D eigenvalue weighted by atomic mass is 10.1. The van der Waals surface area contributed by atoms with Gasteiger partial charge in [0.1, 0.15) is 0 Å². The average molecular weight is 212 g/mol. The maximum Gasteiger partial charge on any atom is 0.0538 e. The number of hydrogen-bond donors (Lipinski definition) is 3. The molecule has 5 nitrogen and oxygen atoms in total. The van der Waals surface area contributed by atoms with Crippen LogP contribution in [-0.2, 0) is 7.05 Å². The van der Waals surface area contributed by atoms with Crippen LogP contribution in [0.4, 0.5) is 0 Å². The van der Waals surface area contributed by atoms with Crippen molar-refractivity contribution in [3.63, 3.8) is 0 Å². The van der Waals surface area contributed by atoms with Gasteiger partial charge in [-0.25, -0.2) is 0 Å². The third kappa shape index (κ3) is 3.62. The summed E-state index contributed by atoms with van der Waals surface area (Å²) in [6, 6.07) is 0.365. The van der Waals surface area contributed by atoms with E-state index in [1.807, 2.05) is 26.4 Å². The fourth-order valence-corrected chi connectivity index (χ4v) is 1.54. The highest BCUT2D eigenvalue weighted by Gasteiger charge is 2.13. The third-order valence-electron chi connectivity index (χ3n) is 2.41. The maximum atomic E-state index is 8.81. The predicted molar refractivity (Wildman–Crippen MR) is 59.3 cm³/mol. The molecule has 2 atom stereocenters. The first-order chi connectivity index (χ1) is 7.17. The zero-order chi connectivity index (χ0) is 11.3. The quantitative estimate of drug-likeness (QED) is 0.609. The molecule has 0 amide bonds. The van der Waals surface area contributed by atoms with Crippen molar-refractivity contribution in [1.29, 1.82) is 0 Å². The van der Waals surface area contributed by atoms with Crippen molar-refractivity contribution in [2.24, 2.45) is 12.8 Å². The average Bonchev–Trinajstić information content (AvgIpc) is 2.61. The molecule has 15 heavy (non-hydrogen) atoms. The highest BCUT2D eigenvalue weighted by atomic mass is 16.3. The van der Waals surface area contributed by atoms with Crippen molar-refractivity contribution in [2.75, 3.05) is 13.2 Å². The Morgan fingerprint density at radius 3 is 2.87 bits per heavy atom. The summed E-state index contributed by atoms with van der Waals surface area (Å²) in [4.78, 5) is 0. The molecule has 0 aromatic carbocycles. The molecule has 0 bridgehead atoms. The molecule has 2 unspecified atom stereocenters. The standard InChI is InChI=1S/C10H20N4O/c1-8(3-4-15)13-10(5-11)9-6-12-14(2)7-9/h6-8,10,13,15H,3-5,11H2,1-2H3. The summed E-state index contributed by atoms with van der Waals surface area (Å²) in [7, 11) is 1.88. The number of aryl methyl sites for hydroxylation is 1. The molecule has 1 rings (SSSR count). The van der Waals surface area contributed by atoms with Gasteiger partial charge in [0.2, 0.25) is 0 Å². The lowest BCUT2D eigenvalue weighted by Gasteiger charge is -2.20. The van der Waals surface area contributed by atoms with Crippen LogP contribution >= 0.6 is 0 Å². The molecule has 4 N–H and O–H groups in total. The van der Waals surface area contributed by atoms with E-state index in [0.717, 1.165) is 12.0 Å². The Bertz CT molecular complexity index is 287. The first-order valence-corrected chi connectivity index (χ1v) is 5.23. The van der Waals surface area contributed by atoms with Crippen LogP contribution in [0, 0.1) is 0 Å². The van der Waals surface area contributed by atoms with Gasteiger partial charge in [-0.1, -0.05) is 0 Å². The summed E-state index contributed by atoms with van der Waals surface area (Å²) >= 11 is 0. The molecule has 0 radical (unpaired) electrons. The first kappa shape index (κ1) is 12.2. The van der Waals surface area contributed by atoms with Gasteiger partial charge in [0.25, 0.3) is 0 Å². The van der Waals surface area contributed by atoms with Crippen molar-refractivity contribution in [3.8, 4) is 0 Å². The Morgan fingerprint density at radius 2 is 2.40 bits per heavy atom. The molecule has 1 heterocycles. The molecule has 0 fully saturated rings. The van der Waals surface area contributed by atoms with Crippen LogP contribution in [0.1, 0.15) is 24.9 Å². The molecule has 5 heteroatoms. The van der Waals surface area contributed by atoms with Crippen LogP contribution in [0.15, 0.2) is 12.4 Å². The van der Waals surface area contributed by atoms with Gasteiger partial charge in [-0.05, 0) is 13.3 Å². The molecule has 0 saturated heterocycles. The Balaban J connectivity index is 2.56. The molecule has 1 aromatic rings. The monoisotopic (exact) mass is 212 g/mol. The summed E-state index contributed by atoms with van der Waals surface area (Å²) < 4.78 is 1.76. The number of nitrogens with zero attached hydrogens (tertiary/aromatic N) is 2. The lowest BCUT2D eigenvalue weighted by molar-refractivity contribution is 0.263. The summed E-state index contributed by atoms with van der Waals surface area (Å²) in [5.74, 6) is 0. The Morgan fingerprint density at radius 1 is 1.67 bits per heavy atom. The van der Waals surface area contributed by atoms with Crippen LogP contribution in [0.2, 0.25) is 0 Å². The Labute approximate surface area is 90.3 Å². The number of aromatic nitrogens is 2. The molecule has 0 aliphatic carbocycles. The molecule has 1 aromatic heterocycles. The van der Waals surface area contributed by atoms with Crippen LogP contribution < -0.4 is 11.1 Å². The van der Waals surface area contributed by atoms with Gasteiger partial charge in [0.15, 0.2) is 0 Å². The molecule has 0 saturated carbocycles. The van der Waals surface area contributed by atoms with E-state index in [9.17, 15) is 0 Å². The first-order valence-electron chi connectivity index (χ1n) is 5.23. The summed E-state index contributed by atoms with van der Waals surface area (Å²) in [6.45, 7) is 2.76. The van der Waals surface area contributed by atoms with Gasteiger partial charge in [-0.15, -0.1) is 0 Å². The SMILES string of the molecule is CC(CCO)NC(CN)c1cnn(C)c1. The highest BCUT2D eigenvalue weighted by molar-refractivity contribution is 5.10. The van der Waals surface area contributed by atoms with Crippen molar-refractivity contribution in [3.05, 3.63) is 18.0 Å². The molecule has 86 valence electrons. The van der Waals surface area contributed by atoms with E-state index >= 15 is 0 Å². The van der Waals surface area contributed by atoms with E-state index in [4.69, 9.17) is 10.8 Å². The minimum atomic E-state index is 0.111. The molecule has 0 aliphatic heterocycles. The summed E-state index contributed by atoms with van der Waals surface area (Å²) in [5.41, 5.74) is 6.78. The van der Waals surface area contributed by atoms with E-state index < -0.39 is 0 Å². The molecular weight excluding hydrogens is 192 g/mol. The van der Waals surface area contributed by atoms with E-state index in [2.05, 4.69) is 10.4 Å². The van der Waals surface area contributed by atoms with Gasteiger partial charge >= 0.3 is 0 Å². The van der Waals surface area contributed by atoms with E-state index in [1.165, 1.54) is 0 Å². The second kappa shape index (κ2) is 5.85. The predicted octanol–water partition coefficient (Wildman–Crippen LogP) is -0.220. The Kier molecular flexibility index (Phi) is 4.74. The van der Waals surface area contributed by atoms with Crippen LogP contribution in [-0.4, -0.2) is 34.1 Å². The van der Waals surface area contributed by atoms with Crippen LogP contribution in [0.5, 0.6) is 0 Å². The van der Waals surface area contributed by atoms with Crippen LogP contribution in [0.25, 0.3) is 0 Å². The second-order valence-electron chi connectivity index (χ2n) is 3.82. The third-order valence-corrected chi connectivity index (χ3v) is 2.41. The zero-order valence-corrected chi connectivity index (χ0v) is 9.35. The normalized spacial score (nSPS) is 15.2. The highest BCUT2D eigenvalue weighted by Crippen LogP contribution is 2.11. The summed E-state index contributed by atoms with van der Waals surface area (Å²) in [6.07, 6.45) is 4.50. The molecular formula is C10H20N4O. The van der Waals surface area contributed by atoms with Crippen molar-refractivity contribution >= 4 is 0 Å². The van der Waals surface area contributed by atoms with E-state index in [0.29, 0.717) is 6.54 Å². The van der Waals surface area contributed by atoms with E-state index in [-0.39, 0.29) is 18.7 Å². The zero-order valence-electron chi connectivity index (χ0n) is 9.35. The van der Waals surface area contributed by atoms with Gasteiger partial charge < -0.3 is 16.2 Å². The van der Waals surface area contributed by atoms with Crippen molar-refractivity contribution < 1.29 is 5.11 Å². The fourth-order valence-electron chi connectivity index (χ4n) is 1.54. The second-order valence-corrected chi connectivity index (χ2v) is 3.82. The van der Waals surface area contributed by atoms with Crippen molar-refractivity contribution in [2.45, 2.75) is 25.4 Å². The topological polar surface area (TPSA) is 76.1 Å². The minimum Gasteiger partial charge on any atom is -0.396 e. The van der Waals surface area contributed by atoms with Gasteiger partial charge in [0, 0.05) is 44.0 Å². The number of nitrogens with two attached hydrogens (primary N) is 1. The maximum absolute atomic E-state index is 8.81. The van der Waals surface area contributed by atoms with Gasteiger partial charge in [0.05, 0.1) is 6.20 Å². The lowest BCUT2D eigenvalue weighted by Crippen LogP contribution is -2.35. The minimum absolute atomic E-state index is 0.111.